The molecule has 3 aromatic carbocycles. The topological polar surface area (TPSA) is 151 Å². The number of aromatic amines is 2. The molecule has 2 aromatic heterocycles. The number of likely N-dealkylation sites (tertiary alicyclic amines) is 2. The first-order chi connectivity index (χ1) is 26.7. The average Bonchev–Trinajstić information content (AvgIpc) is 4.04. The predicted molar refractivity (Wildman–Crippen MR) is 210 cm³/mol. The predicted octanol–water partition coefficient (Wildman–Crippen LogP) is 7.34. The molecule has 3 fully saturated rings. The smallest absolute Gasteiger partial charge is 0.405 e. The monoisotopic (exact) mass is 740 g/mol. The van der Waals surface area contributed by atoms with Gasteiger partial charge in [0.25, 0.3) is 0 Å². The van der Waals surface area contributed by atoms with Crippen LogP contribution < -0.4 is 5.32 Å². The van der Waals surface area contributed by atoms with Crippen LogP contribution in [0.3, 0.4) is 0 Å². The second-order valence-corrected chi connectivity index (χ2v) is 15.4. The van der Waals surface area contributed by atoms with E-state index in [0.717, 1.165) is 89.4 Å². The van der Waals surface area contributed by atoms with Crippen LogP contribution in [-0.4, -0.2) is 90.4 Å². The van der Waals surface area contributed by atoms with Crippen molar-refractivity contribution in [2.24, 2.45) is 0 Å². The molecule has 2 saturated heterocycles. The van der Waals surface area contributed by atoms with E-state index < -0.39 is 11.6 Å². The molecule has 4 N–H and O–H groups in total. The second-order valence-electron chi connectivity index (χ2n) is 15.4. The molecule has 12 heteroatoms. The minimum Gasteiger partial charge on any atom is -0.465 e. The summed E-state index contributed by atoms with van der Waals surface area (Å²) in [5.41, 5.74) is 5.89. The molecule has 0 radical (unpaired) electrons. The fourth-order valence-electron chi connectivity index (χ4n) is 8.90. The number of benzene rings is 3. The van der Waals surface area contributed by atoms with Crippen molar-refractivity contribution in [3.8, 4) is 33.6 Å². The van der Waals surface area contributed by atoms with Crippen molar-refractivity contribution in [1.29, 1.82) is 0 Å². The highest BCUT2D eigenvalue weighted by atomic mass is 16.4. The fraction of sp³-hybridized carbons (Fsp3) is 0.372. The standard InChI is InChI=1S/C43H48N8O4/c1-49(2)37(32-10-4-3-5-11-32)40(52)50-24-8-12-35(50)38-44-26-33(46-38)30-18-14-28(15-19-30)29-16-20-31(21-17-29)34-27-45-39(47-34)36-13-9-25-51(36)41(53)43(48-42(54)55)22-6-7-23-43/h3-5,10-11,14-21,26-27,35-37,48H,6-9,12-13,22-25H2,1-2H3,(H,44,46)(H,45,47)(H,54,55)/t35-,36-,37+/m0/s1. The van der Waals surface area contributed by atoms with E-state index in [-0.39, 0.29) is 29.9 Å². The number of carbonyl (C=O) groups is 3. The number of H-pyrrole nitrogens is 2. The van der Waals surface area contributed by atoms with Crippen molar-refractivity contribution in [3.63, 3.8) is 0 Å². The van der Waals surface area contributed by atoms with Gasteiger partial charge in [-0.1, -0.05) is 91.7 Å². The number of hydrogen-bond donors (Lipinski definition) is 4. The summed E-state index contributed by atoms with van der Waals surface area (Å²) >= 11 is 0. The number of carbonyl (C=O) groups excluding carboxylic acids is 2. The Bertz CT molecular complexity index is 2140. The van der Waals surface area contributed by atoms with E-state index >= 15 is 0 Å². The molecule has 0 unspecified atom stereocenters. The van der Waals surface area contributed by atoms with Gasteiger partial charge in [-0.3, -0.25) is 14.5 Å². The number of rotatable bonds is 10. The summed E-state index contributed by atoms with van der Waals surface area (Å²) in [5.74, 6) is 1.49. The number of imidazole rings is 2. The molecule has 3 amide bonds. The quantitative estimate of drug-likeness (QED) is 0.117. The van der Waals surface area contributed by atoms with Gasteiger partial charge in [0.05, 0.1) is 35.9 Å². The summed E-state index contributed by atoms with van der Waals surface area (Å²) < 4.78 is 0. The lowest BCUT2D eigenvalue weighted by Crippen LogP contribution is -2.57. The van der Waals surface area contributed by atoms with Crippen molar-refractivity contribution >= 4 is 17.9 Å². The van der Waals surface area contributed by atoms with Crippen LogP contribution >= 0.6 is 0 Å². The Kier molecular flexibility index (Phi) is 10.00. The molecule has 284 valence electrons. The Morgan fingerprint density at radius 3 is 1.73 bits per heavy atom. The minimum absolute atomic E-state index is 0.0942. The third-order valence-corrected chi connectivity index (χ3v) is 11.7. The first-order valence-corrected chi connectivity index (χ1v) is 19.4. The van der Waals surface area contributed by atoms with E-state index in [0.29, 0.717) is 25.9 Å². The number of carboxylic acid groups (broad SMARTS) is 1. The molecule has 8 rings (SSSR count). The van der Waals surface area contributed by atoms with Crippen molar-refractivity contribution in [2.75, 3.05) is 27.2 Å². The van der Waals surface area contributed by atoms with Crippen LogP contribution in [0.2, 0.25) is 0 Å². The van der Waals surface area contributed by atoms with Gasteiger partial charge < -0.3 is 30.2 Å². The zero-order chi connectivity index (χ0) is 38.1. The van der Waals surface area contributed by atoms with Gasteiger partial charge in [-0.15, -0.1) is 0 Å². The lowest BCUT2D eigenvalue weighted by Gasteiger charge is -2.34. The normalized spacial score (nSPS) is 19.9. The number of hydrogen-bond acceptors (Lipinski definition) is 6. The molecular weight excluding hydrogens is 693 g/mol. The molecule has 3 atom stereocenters. The van der Waals surface area contributed by atoms with E-state index in [1.54, 1.807) is 0 Å². The van der Waals surface area contributed by atoms with Crippen LogP contribution in [0.5, 0.6) is 0 Å². The van der Waals surface area contributed by atoms with Gasteiger partial charge >= 0.3 is 6.09 Å². The Morgan fingerprint density at radius 2 is 1.22 bits per heavy atom. The number of nitrogens with one attached hydrogen (secondary N) is 3. The van der Waals surface area contributed by atoms with Crippen LogP contribution in [0.1, 0.15) is 86.7 Å². The van der Waals surface area contributed by atoms with Crippen molar-refractivity contribution < 1.29 is 19.5 Å². The van der Waals surface area contributed by atoms with Gasteiger partial charge in [0.2, 0.25) is 11.8 Å². The molecular formula is C43H48N8O4. The van der Waals surface area contributed by atoms with Gasteiger partial charge in [-0.2, -0.15) is 0 Å². The van der Waals surface area contributed by atoms with E-state index in [1.165, 1.54) is 0 Å². The number of nitrogens with zero attached hydrogens (tertiary/aromatic N) is 5. The molecule has 1 aliphatic carbocycles. The molecule has 4 heterocycles. The number of aromatic nitrogens is 4. The number of amides is 3. The van der Waals surface area contributed by atoms with E-state index in [9.17, 15) is 19.5 Å². The first kappa shape index (κ1) is 36.2. The van der Waals surface area contributed by atoms with E-state index in [4.69, 9.17) is 4.98 Å². The maximum absolute atomic E-state index is 13.9. The SMILES string of the molecule is CN(C)[C@@H](C(=O)N1CCC[C@H]1c1ncc(-c2ccc(-c3ccc(-c4cnc([C@@H]5CCCN5C(=O)C5(NC(=O)O)CCCC5)[nH]4)cc3)cc2)[nH]1)c1ccccc1. The largest absolute Gasteiger partial charge is 0.465 e. The van der Waals surface area contributed by atoms with Crippen LogP contribution in [-0.2, 0) is 9.59 Å². The van der Waals surface area contributed by atoms with Gasteiger partial charge in [-0.25, -0.2) is 14.8 Å². The Balaban J connectivity index is 0.929. The van der Waals surface area contributed by atoms with Gasteiger partial charge in [0, 0.05) is 13.1 Å². The van der Waals surface area contributed by atoms with Gasteiger partial charge in [-0.05, 0) is 80.4 Å². The van der Waals surface area contributed by atoms with Crippen LogP contribution in [0.15, 0.2) is 91.3 Å². The van der Waals surface area contributed by atoms with Crippen molar-refractivity contribution in [1.82, 2.24) is 40.0 Å². The first-order valence-electron chi connectivity index (χ1n) is 19.4. The van der Waals surface area contributed by atoms with Crippen LogP contribution in [0.4, 0.5) is 4.79 Å². The number of likely N-dealkylation sites (N-methyl/N-ethyl adjacent to an activating group) is 1. The average molecular weight is 741 g/mol. The molecule has 12 nitrogen and oxygen atoms in total. The molecule has 0 bridgehead atoms. The Hall–Kier alpha value is -5.75. The van der Waals surface area contributed by atoms with Crippen LogP contribution in [0.25, 0.3) is 33.6 Å². The minimum atomic E-state index is -1.16. The summed E-state index contributed by atoms with van der Waals surface area (Å²) in [5, 5.41) is 12.1. The molecule has 55 heavy (non-hydrogen) atoms. The fourth-order valence-corrected chi connectivity index (χ4v) is 8.90. The van der Waals surface area contributed by atoms with E-state index in [2.05, 4.69) is 68.8 Å². The molecule has 1 saturated carbocycles. The summed E-state index contributed by atoms with van der Waals surface area (Å²) in [6.07, 6.45) is 8.66. The maximum atomic E-state index is 13.9. The third-order valence-electron chi connectivity index (χ3n) is 11.7. The van der Waals surface area contributed by atoms with Crippen LogP contribution in [0, 0.1) is 0 Å². The van der Waals surface area contributed by atoms with Gasteiger partial charge in [0.15, 0.2) is 0 Å². The highest BCUT2D eigenvalue weighted by Crippen LogP contribution is 2.39. The summed E-state index contributed by atoms with van der Waals surface area (Å²) in [6.45, 7) is 1.30. The summed E-state index contributed by atoms with van der Waals surface area (Å²) in [7, 11) is 3.90. The zero-order valence-corrected chi connectivity index (χ0v) is 31.4. The van der Waals surface area contributed by atoms with Crippen molar-refractivity contribution in [3.05, 3.63) is 108 Å². The lowest BCUT2D eigenvalue weighted by molar-refractivity contribution is -0.139. The highest BCUT2D eigenvalue weighted by molar-refractivity contribution is 5.90. The Labute approximate surface area is 321 Å². The summed E-state index contributed by atoms with van der Waals surface area (Å²) in [6, 6.07) is 26.0. The summed E-state index contributed by atoms with van der Waals surface area (Å²) in [4.78, 5) is 61.5. The molecule has 0 spiro atoms. The van der Waals surface area contributed by atoms with Gasteiger partial charge in [0.1, 0.15) is 23.2 Å². The van der Waals surface area contributed by atoms with E-state index in [1.807, 2.05) is 71.5 Å². The lowest BCUT2D eigenvalue weighted by atomic mass is 9.95. The molecule has 5 aromatic rings. The van der Waals surface area contributed by atoms with Crippen molar-refractivity contribution in [2.45, 2.75) is 75.0 Å². The molecule has 3 aliphatic rings. The second kappa shape index (κ2) is 15.2. The molecule has 2 aliphatic heterocycles. The maximum Gasteiger partial charge on any atom is 0.405 e. The Morgan fingerprint density at radius 1 is 0.727 bits per heavy atom. The highest BCUT2D eigenvalue weighted by Gasteiger charge is 2.48. The third kappa shape index (κ3) is 7.14. The zero-order valence-electron chi connectivity index (χ0n) is 31.4.